The standard InChI is InChI=1S/C54H100O6/c1-4-7-10-13-16-19-22-24-26-27-28-29-31-32-35-38-41-44-47-53(56)59-50-51(49-58-52(55)46-43-40-37-34-21-18-15-12-9-6-3)60-54(57)48-45-42-39-36-33-30-25-23-20-17-14-11-8-5-2/h12,15,26-27,51H,4-11,13-14,16-25,28-50H2,1-3H3/b15-12-,27-26-. The van der Waals surface area contributed by atoms with E-state index in [9.17, 15) is 14.4 Å². The topological polar surface area (TPSA) is 78.9 Å². The largest absolute Gasteiger partial charge is 0.462 e. The molecule has 0 N–H and O–H groups in total. The van der Waals surface area contributed by atoms with Gasteiger partial charge in [-0.05, 0) is 64.2 Å². The van der Waals surface area contributed by atoms with E-state index in [4.69, 9.17) is 14.2 Å². The Balaban J connectivity index is 4.29. The number of ether oxygens (including phenoxy) is 3. The van der Waals surface area contributed by atoms with Crippen LogP contribution in [0.3, 0.4) is 0 Å². The lowest BCUT2D eigenvalue weighted by Crippen LogP contribution is -2.30. The van der Waals surface area contributed by atoms with Crippen LogP contribution in [0.25, 0.3) is 0 Å². The van der Waals surface area contributed by atoms with Crippen LogP contribution in [0.4, 0.5) is 0 Å². The highest BCUT2D eigenvalue weighted by molar-refractivity contribution is 5.71. The minimum Gasteiger partial charge on any atom is -0.462 e. The highest BCUT2D eigenvalue weighted by Crippen LogP contribution is 2.16. The predicted molar refractivity (Wildman–Crippen MR) is 256 cm³/mol. The fraction of sp³-hybridized carbons (Fsp3) is 0.870. The minimum absolute atomic E-state index is 0.0726. The number of carbonyl (C=O) groups is 3. The normalized spacial score (nSPS) is 12.1. The molecule has 0 fully saturated rings. The molecule has 6 nitrogen and oxygen atoms in total. The van der Waals surface area contributed by atoms with Crippen LogP contribution in [-0.2, 0) is 28.6 Å². The first kappa shape index (κ1) is 57.9. The molecule has 0 rings (SSSR count). The number of rotatable bonds is 48. The number of hydrogen-bond donors (Lipinski definition) is 0. The number of hydrogen-bond acceptors (Lipinski definition) is 6. The molecule has 0 aromatic carbocycles. The summed E-state index contributed by atoms with van der Waals surface area (Å²) in [5, 5.41) is 0. The lowest BCUT2D eigenvalue weighted by atomic mass is 10.0. The van der Waals surface area contributed by atoms with Gasteiger partial charge in [-0.3, -0.25) is 14.4 Å². The zero-order valence-corrected chi connectivity index (χ0v) is 40.2. The molecule has 0 aliphatic rings. The van der Waals surface area contributed by atoms with Gasteiger partial charge in [-0.25, -0.2) is 0 Å². The van der Waals surface area contributed by atoms with E-state index in [1.807, 2.05) is 0 Å². The van der Waals surface area contributed by atoms with E-state index < -0.39 is 6.10 Å². The molecule has 1 atom stereocenters. The number of unbranched alkanes of at least 4 members (excludes halogenated alkanes) is 33. The van der Waals surface area contributed by atoms with Crippen molar-refractivity contribution < 1.29 is 28.6 Å². The second-order valence-electron chi connectivity index (χ2n) is 17.8. The summed E-state index contributed by atoms with van der Waals surface area (Å²) in [5.74, 6) is -0.874. The Bertz CT molecular complexity index is 973. The monoisotopic (exact) mass is 845 g/mol. The summed E-state index contributed by atoms with van der Waals surface area (Å²) in [5.41, 5.74) is 0. The Morgan fingerprint density at radius 2 is 0.583 bits per heavy atom. The summed E-state index contributed by atoms with van der Waals surface area (Å²) in [7, 11) is 0. The lowest BCUT2D eigenvalue weighted by Gasteiger charge is -2.18. The molecule has 0 aliphatic carbocycles. The number of carbonyl (C=O) groups excluding carboxylic acids is 3. The summed E-state index contributed by atoms with van der Waals surface area (Å²) < 4.78 is 16.8. The Hall–Kier alpha value is -2.11. The Morgan fingerprint density at radius 1 is 0.317 bits per heavy atom. The average Bonchev–Trinajstić information content (AvgIpc) is 3.24. The third-order valence-corrected chi connectivity index (χ3v) is 11.7. The van der Waals surface area contributed by atoms with Crippen molar-refractivity contribution in [3.05, 3.63) is 24.3 Å². The van der Waals surface area contributed by atoms with Gasteiger partial charge in [0.2, 0.25) is 0 Å². The van der Waals surface area contributed by atoms with E-state index in [2.05, 4.69) is 45.1 Å². The first-order valence-electron chi connectivity index (χ1n) is 26.3. The van der Waals surface area contributed by atoms with Gasteiger partial charge in [0, 0.05) is 19.3 Å². The fourth-order valence-corrected chi connectivity index (χ4v) is 7.68. The predicted octanol–water partition coefficient (Wildman–Crippen LogP) is 17.2. The molecular formula is C54H100O6. The molecule has 0 bridgehead atoms. The van der Waals surface area contributed by atoms with Crippen LogP contribution in [0.2, 0.25) is 0 Å². The van der Waals surface area contributed by atoms with Gasteiger partial charge >= 0.3 is 17.9 Å². The van der Waals surface area contributed by atoms with Crippen LogP contribution >= 0.6 is 0 Å². The fourth-order valence-electron chi connectivity index (χ4n) is 7.68. The van der Waals surface area contributed by atoms with Crippen LogP contribution < -0.4 is 0 Å². The van der Waals surface area contributed by atoms with Gasteiger partial charge < -0.3 is 14.2 Å². The van der Waals surface area contributed by atoms with E-state index in [-0.39, 0.29) is 31.1 Å². The first-order valence-corrected chi connectivity index (χ1v) is 26.3. The third kappa shape index (κ3) is 46.9. The zero-order chi connectivity index (χ0) is 43.7. The summed E-state index contributed by atoms with van der Waals surface area (Å²) in [6.45, 7) is 6.59. The van der Waals surface area contributed by atoms with Crippen molar-refractivity contribution in [3.8, 4) is 0 Å². The summed E-state index contributed by atoms with van der Waals surface area (Å²) in [6, 6.07) is 0. The SMILES string of the molecule is CCC/C=C\CCCCCCCC(=O)OCC(COC(=O)CCCCCCCCC/C=C\CCCCCCCCC)OC(=O)CCCCCCCCCCCCCCCC. The maximum Gasteiger partial charge on any atom is 0.306 e. The first-order chi connectivity index (χ1) is 29.5. The summed E-state index contributed by atoms with van der Waals surface area (Å²) in [4.78, 5) is 37.9. The molecule has 0 radical (unpaired) electrons. The second-order valence-corrected chi connectivity index (χ2v) is 17.8. The molecule has 0 aromatic rings. The molecular weight excluding hydrogens is 745 g/mol. The molecule has 0 aromatic heterocycles. The molecule has 352 valence electrons. The molecule has 0 saturated heterocycles. The molecule has 1 unspecified atom stereocenters. The Kier molecular flexibility index (Phi) is 47.8. The van der Waals surface area contributed by atoms with Crippen molar-refractivity contribution in [2.45, 2.75) is 290 Å². The van der Waals surface area contributed by atoms with E-state index in [1.54, 1.807) is 0 Å². The number of allylic oxidation sites excluding steroid dienone is 4. The third-order valence-electron chi connectivity index (χ3n) is 11.7. The highest BCUT2D eigenvalue weighted by Gasteiger charge is 2.19. The van der Waals surface area contributed by atoms with Crippen LogP contribution in [0.1, 0.15) is 284 Å². The lowest BCUT2D eigenvalue weighted by molar-refractivity contribution is -0.167. The van der Waals surface area contributed by atoms with Gasteiger partial charge in [-0.1, -0.05) is 225 Å². The van der Waals surface area contributed by atoms with Crippen molar-refractivity contribution >= 4 is 17.9 Å². The van der Waals surface area contributed by atoms with Crippen LogP contribution in [0.5, 0.6) is 0 Å². The van der Waals surface area contributed by atoms with Crippen molar-refractivity contribution in [1.82, 2.24) is 0 Å². The van der Waals surface area contributed by atoms with Gasteiger partial charge in [0.1, 0.15) is 13.2 Å². The maximum atomic E-state index is 12.8. The zero-order valence-electron chi connectivity index (χ0n) is 40.2. The van der Waals surface area contributed by atoms with Gasteiger partial charge in [0.15, 0.2) is 6.10 Å². The van der Waals surface area contributed by atoms with Crippen LogP contribution in [0.15, 0.2) is 24.3 Å². The van der Waals surface area contributed by atoms with Crippen molar-refractivity contribution in [3.63, 3.8) is 0 Å². The van der Waals surface area contributed by atoms with Crippen LogP contribution in [-0.4, -0.2) is 37.2 Å². The van der Waals surface area contributed by atoms with Crippen molar-refractivity contribution in [1.29, 1.82) is 0 Å². The minimum atomic E-state index is -0.770. The summed E-state index contributed by atoms with van der Waals surface area (Å²) >= 11 is 0. The van der Waals surface area contributed by atoms with E-state index in [0.29, 0.717) is 19.3 Å². The molecule has 0 amide bonds. The Labute approximate surface area is 373 Å². The van der Waals surface area contributed by atoms with Gasteiger partial charge in [-0.15, -0.1) is 0 Å². The highest BCUT2D eigenvalue weighted by atomic mass is 16.6. The second kappa shape index (κ2) is 49.5. The molecule has 6 heteroatoms. The maximum absolute atomic E-state index is 12.8. The molecule has 60 heavy (non-hydrogen) atoms. The van der Waals surface area contributed by atoms with E-state index >= 15 is 0 Å². The van der Waals surface area contributed by atoms with Gasteiger partial charge in [0.25, 0.3) is 0 Å². The molecule has 0 aliphatic heterocycles. The van der Waals surface area contributed by atoms with Crippen LogP contribution in [0, 0.1) is 0 Å². The molecule has 0 spiro atoms. The van der Waals surface area contributed by atoms with Crippen molar-refractivity contribution in [2.24, 2.45) is 0 Å². The van der Waals surface area contributed by atoms with Gasteiger partial charge in [-0.2, -0.15) is 0 Å². The summed E-state index contributed by atoms with van der Waals surface area (Å²) in [6.07, 6.45) is 55.9. The number of esters is 3. The quantitative estimate of drug-likeness (QED) is 0.0263. The molecule has 0 saturated carbocycles. The van der Waals surface area contributed by atoms with Gasteiger partial charge in [0.05, 0.1) is 0 Å². The van der Waals surface area contributed by atoms with E-state index in [0.717, 1.165) is 70.6 Å². The van der Waals surface area contributed by atoms with Crippen molar-refractivity contribution in [2.75, 3.05) is 13.2 Å². The average molecular weight is 845 g/mol. The Morgan fingerprint density at radius 3 is 0.900 bits per heavy atom. The molecule has 0 heterocycles. The van der Waals surface area contributed by atoms with E-state index in [1.165, 1.54) is 173 Å². The smallest absolute Gasteiger partial charge is 0.306 e.